The summed E-state index contributed by atoms with van der Waals surface area (Å²) in [5, 5.41) is 11.2. The van der Waals surface area contributed by atoms with Gasteiger partial charge in [0.2, 0.25) is 0 Å². The highest BCUT2D eigenvalue weighted by Crippen LogP contribution is 2.23. The van der Waals surface area contributed by atoms with Gasteiger partial charge in [0.15, 0.2) is 0 Å². The van der Waals surface area contributed by atoms with E-state index in [2.05, 4.69) is 25.3 Å². The van der Waals surface area contributed by atoms with Gasteiger partial charge in [0.25, 0.3) is 0 Å². The van der Waals surface area contributed by atoms with Crippen molar-refractivity contribution in [3.63, 3.8) is 0 Å². The monoisotopic (exact) mass is 327 g/mol. The summed E-state index contributed by atoms with van der Waals surface area (Å²) in [6, 6.07) is 5.58. The molecule has 1 N–H and O–H groups in total. The molecule has 0 unspecified atom stereocenters. The maximum atomic E-state index is 12.2. The molecular formula is C14H16F3N5O. The van der Waals surface area contributed by atoms with Crippen molar-refractivity contribution in [2.24, 2.45) is 0 Å². The van der Waals surface area contributed by atoms with Crippen LogP contribution in [0.5, 0.6) is 5.75 Å². The fraction of sp³-hybridized carbons (Fsp3) is 0.429. The lowest BCUT2D eigenvalue weighted by Gasteiger charge is -2.26. The van der Waals surface area contributed by atoms with Crippen LogP contribution in [-0.2, 0) is 6.54 Å². The number of aromatic nitrogens is 3. The lowest BCUT2D eigenvalue weighted by atomic mass is 10.3. The highest BCUT2D eigenvalue weighted by Gasteiger charge is 2.31. The molecular weight excluding hydrogens is 311 g/mol. The number of hydrogen-bond acceptors (Lipinski definition) is 5. The van der Waals surface area contributed by atoms with E-state index in [1.165, 1.54) is 24.3 Å². The third-order valence-electron chi connectivity index (χ3n) is 3.53. The summed E-state index contributed by atoms with van der Waals surface area (Å²) in [5.41, 5.74) is 1.53. The molecule has 9 heteroatoms. The Balaban J connectivity index is 1.73. The van der Waals surface area contributed by atoms with Gasteiger partial charge in [-0.05, 0) is 24.3 Å². The number of nitrogens with one attached hydrogen (secondary N) is 1. The van der Waals surface area contributed by atoms with Gasteiger partial charge in [0, 0.05) is 32.7 Å². The minimum atomic E-state index is -4.69. The van der Waals surface area contributed by atoms with Gasteiger partial charge in [0.1, 0.15) is 5.75 Å². The summed E-state index contributed by atoms with van der Waals surface area (Å²) < 4.78 is 42.0. The van der Waals surface area contributed by atoms with E-state index in [1.54, 1.807) is 10.9 Å². The van der Waals surface area contributed by atoms with Crippen LogP contribution in [0.4, 0.5) is 13.2 Å². The molecule has 1 aliphatic heterocycles. The SMILES string of the molecule is FC(F)(F)Oc1ccc(-n2nncc2CN2CCNCC2)cc1. The van der Waals surface area contributed by atoms with Crippen molar-refractivity contribution in [1.82, 2.24) is 25.2 Å². The zero-order chi connectivity index (χ0) is 16.3. The molecule has 0 atom stereocenters. The summed E-state index contributed by atoms with van der Waals surface area (Å²) in [6.07, 6.45) is -3.02. The maximum absolute atomic E-state index is 12.2. The first kappa shape index (κ1) is 15.8. The summed E-state index contributed by atoms with van der Waals surface area (Å²) in [5.74, 6) is -0.259. The van der Waals surface area contributed by atoms with E-state index in [-0.39, 0.29) is 5.75 Å². The Morgan fingerprint density at radius 2 is 1.83 bits per heavy atom. The Hall–Kier alpha value is -2.13. The predicted octanol–water partition coefficient (Wildman–Crippen LogP) is 1.57. The standard InChI is InChI=1S/C14H16F3N5O/c15-14(16,17)23-13-3-1-11(2-4-13)22-12(9-19-20-22)10-21-7-5-18-6-8-21/h1-4,9,18H,5-8,10H2. The molecule has 1 aromatic heterocycles. The average Bonchev–Trinajstić information content (AvgIpc) is 2.96. The van der Waals surface area contributed by atoms with Crippen LogP contribution in [-0.4, -0.2) is 52.4 Å². The van der Waals surface area contributed by atoms with E-state index in [0.717, 1.165) is 31.9 Å². The van der Waals surface area contributed by atoms with Gasteiger partial charge in [-0.15, -0.1) is 18.3 Å². The van der Waals surface area contributed by atoms with Gasteiger partial charge < -0.3 is 10.1 Å². The topological polar surface area (TPSA) is 55.2 Å². The molecule has 0 amide bonds. The summed E-state index contributed by atoms with van der Waals surface area (Å²) >= 11 is 0. The second-order valence-electron chi connectivity index (χ2n) is 5.21. The van der Waals surface area contributed by atoms with Gasteiger partial charge in [-0.3, -0.25) is 4.90 Å². The van der Waals surface area contributed by atoms with Crippen molar-refractivity contribution < 1.29 is 17.9 Å². The zero-order valence-electron chi connectivity index (χ0n) is 12.3. The quantitative estimate of drug-likeness (QED) is 0.924. The molecule has 1 fully saturated rings. The van der Waals surface area contributed by atoms with Crippen LogP contribution in [0.2, 0.25) is 0 Å². The van der Waals surface area contributed by atoms with Crippen LogP contribution in [0.3, 0.4) is 0 Å². The van der Waals surface area contributed by atoms with Crippen molar-refractivity contribution >= 4 is 0 Å². The Labute approximate surface area is 130 Å². The number of piperazine rings is 1. The fourth-order valence-corrected chi connectivity index (χ4v) is 2.47. The number of alkyl halides is 3. The third kappa shape index (κ3) is 4.20. The normalized spacial score (nSPS) is 16.5. The largest absolute Gasteiger partial charge is 0.573 e. The highest BCUT2D eigenvalue weighted by molar-refractivity contribution is 5.37. The number of nitrogens with zero attached hydrogens (tertiary/aromatic N) is 4. The number of rotatable bonds is 4. The van der Waals surface area contributed by atoms with Crippen LogP contribution < -0.4 is 10.1 Å². The van der Waals surface area contributed by atoms with Crippen LogP contribution >= 0.6 is 0 Å². The molecule has 1 aromatic carbocycles. The van der Waals surface area contributed by atoms with E-state index in [1.807, 2.05) is 0 Å². The van der Waals surface area contributed by atoms with E-state index in [4.69, 9.17) is 0 Å². The molecule has 1 aliphatic rings. The minimum absolute atomic E-state index is 0.259. The Morgan fingerprint density at radius 1 is 1.13 bits per heavy atom. The molecule has 2 heterocycles. The number of halogens is 3. The maximum Gasteiger partial charge on any atom is 0.573 e. The number of ether oxygens (including phenoxy) is 1. The number of benzene rings is 1. The summed E-state index contributed by atoms with van der Waals surface area (Å²) in [7, 11) is 0. The zero-order valence-corrected chi connectivity index (χ0v) is 12.3. The second-order valence-corrected chi connectivity index (χ2v) is 5.21. The average molecular weight is 327 g/mol. The molecule has 0 bridgehead atoms. The predicted molar refractivity (Wildman–Crippen MR) is 76.2 cm³/mol. The first-order valence-electron chi connectivity index (χ1n) is 7.20. The second kappa shape index (κ2) is 6.55. The first-order chi connectivity index (χ1) is 11.0. The molecule has 3 rings (SSSR count). The van der Waals surface area contributed by atoms with Gasteiger partial charge in [-0.1, -0.05) is 5.21 Å². The Morgan fingerprint density at radius 3 is 2.48 bits per heavy atom. The Kier molecular flexibility index (Phi) is 4.49. The lowest BCUT2D eigenvalue weighted by molar-refractivity contribution is -0.274. The molecule has 0 spiro atoms. The molecule has 124 valence electrons. The van der Waals surface area contributed by atoms with Crippen molar-refractivity contribution in [1.29, 1.82) is 0 Å². The van der Waals surface area contributed by atoms with Crippen LogP contribution in [0, 0.1) is 0 Å². The van der Waals surface area contributed by atoms with E-state index in [9.17, 15) is 13.2 Å². The minimum Gasteiger partial charge on any atom is -0.406 e. The van der Waals surface area contributed by atoms with Crippen LogP contribution in [0.25, 0.3) is 5.69 Å². The van der Waals surface area contributed by atoms with E-state index in [0.29, 0.717) is 12.2 Å². The van der Waals surface area contributed by atoms with Crippen molar-refractivity contribution in [2.75, 3.05) is 26.2 Å². The fourth-order valence-electron chi connectivity index (χ4n) is 2.47. The van der Waals surface area contributed by atoms with Gasteiger partial charge >= 0.3 is 6.36 Å². The van der Waals surface area contributed by atoms with Crippen molar-refractivity contribution in [3.05, 3.63) is 36.2 Å². The van der Waals surface area contributed by atoms with Gasteiger partial charge in [0.05, 0.1) is 17.6 Å². The van der Waals surface area contributed by atoms with Crippen LogP contribution in [0.1, 0.15) is 5.69 Å². The van der Waals surface area contributed by atoms with Crippen molar-refractivity contribution in [2.45, 2.75) is 12.9 Å². The van der Waals surface area contributed by atoms with Gasteiger partial charge in [-0.25, -0.2) is 4.68 Å². The molecule has 2 aromatic rings. The molecule has 0 saturated carbocycles. The molecule has 6 nitrogen and oxygen atoms in total. The van der Waals surface area contributed by atoms with E-state index >= 15 is 0 Å². The van der Waals surface area contributed by atoms with Crippen molar-refractivity contribution in [3.8, 4) is 11.4 Å². The number of hydrogen-bond donors (Lipinski definition) is 1. The molecule has 0 aliphatic carbocycles. The molecule has 0 radical (unpaired) electrons. The smallest absolute Gasteiger partial charge is 0.406 e. The first-order valence-corrected chi connectivity index (χ1v) is 7.20. The van der Waals surface area contributed by atoms with E-state index < -0.39 is 6.36 Å². The third-order valence-corrected chi connectivity index (χ3v) is 3.53. The summed E-state index contributed by atoms with van der Waals surface area (Å²) in [6.45, 7) is 4.43. The lowest BCUT2D eigenvalue weighted by Crippen LogP contribution is -2.43. The van der Waals surface area contributed by atoms with Gasteiger partial charge in [-0.2, -0.15) is 0 Å². The summed E-state index contributed by atoms with van der Waals surface area (Å²) in [4.78, 5) is 2.27. The molecule has 1 saturated heterocycles. The molecule has 23 heavy (non-hydrogen) atoms. The Bertz CT molecular complexity index is 635. The van der Waals surface area contributed by atoms with Crippen LogP contribution in [0.15, 0.2) is 30.5 Å². The highest BCUT2D eigenvalue weighted by atomic mass is 19.4.